The lowest BCUT2D eigenvalue weighted by atomic mass is 9.80. The van der Waals surface area contributed by atoms with Crippen molar-refractivity contribution in [1.29, 1.82) is 0 Å². The molecule has 4 nitrogen and oxygen atoms in total. The number of aromatic nitrogens is 1. The van der Waals surface area contributed by atoms with Gasteiger partial charge in [0, 0.05) is 29.7 Å². The van der Waals surface area contributed by atoms with Crippen molar-refractivity contribution in [1.82, 2.24) is 9.47 Å². The summed E-state index contributed by atoms with van der Waals surface area (Å²) in [7, 11) is 0. The minimum atomic E-state index is -0.149. The van der Waals surface area contributed by atoms with E-state index < -0.39 is 0 Å². The summed E-state index contributed by atoms with van der Waals surface area (Å²) in [6.45, 7) is 6.92. The second-order valence-electron chi connectivity index (χ2n) is 7.26. The molecular weight excluding hydrogens is 332 g/mol. The number of amides is 2. The number of imide groups is 1. The first-order valence-electron chi connectivity index (χ1n) is 7.49. The summed E-state index contributed by atoms with van der Waals surface area (Å²) in [6.07, 6.45) is 4.65. The van der Waals surface area contributed by atoms with Crippen LogP contribution in [-0.2, 0) is 4.79 Å². The van der Waals surface area contributed by atoms with Gasteiger partial charge < -0.3 is 4.57 Å². The lowest BCUT2D eigenvalue weighted by Gasteiger charge is -2.26. The predicted octanol–water partition coefficient (Wildman–Crippen LogP) is 3.62. The second-order valence-corrected chi connectivity index (χ2v) is 8.17. The Morgan fingerprint density at radius 2 is 2.00 bits per heavy atom. The molecule has 21 heavy (non-hydrogen) atoms. The van der Waals surface area contributed by atoms with Crippen molar-refractivity contribution in [2.24, 2.45) is 11.3 Å². The molecule has 0 radical (unpaired) electrons. The number of likely N-dealkylation sites (tertiary alicyclic amines) is 1. The van der Waals surface area contributed by atoms with E-state index in [1.807, 2.05) is 16.8 Å². The molecule has 3 rings (SSSR count). The van der Waals surface area contributed by atoms with Gasteiger partial charge in [-0.05, 0) is 46.2 Å². The maximum atomic E-state index is 12.8. The quantitative estimate of drug-likeness (QED) is 0.762. The largest absolute Gasteiger partial charge is 0.339 e. The molecule has 1 aromatic heterocycles. The summed E-state index contributed by atoms with van der Waals surface area (Å²) < 4.78 is 2.92. The highest BCUT2D eigenvalue weighted by Crippen LogP contribution is 2.39. The summed E-state index contributed by atoms with van der Waals surface area (Å²) in [5.41, 5.74) is 0.677. The summed E-state index contributed by atoms with van der Waals surface area (Å²) in [5, 5.41) is 0. The normalized spacial score (nSPS) is 23.0. The third-order valence-electron chi connectivity index (χ3n) is 4.57. The number of carbonyl (C=O) groups is 2. The molecular formula is C16H21BrN2O2. The van der Waals surface area contributed by atoms with Crippen molar-refractivity contribution < 1.29 is 9.59 Å². The second kappa shape index (κ2) is 4.97. The minimum absolute atomic E-state index is 0.0420. The molecule has 2 aliphatic rings. The summed E-state index contributed by atoms with van der Waals surface area (Å²) in [6, 6.07) is 2.25. The third-order valence-corrected chi connectivity index (χ3v) is 5.00. The van der Waals surface area contributed by atoms with Gasteiger partial charge in [-0.3, -0.25) is 14.5 Å². The van der Waals surface area contributed by atoms with Crippen LogP contribution in [0.25, 0.3) is 0 Å². The van der Waals surface area contributed by atoms with Crippen molar-refractivity contribution in [3.63, 3.8) is 0 Å². The number of rotatable bonds is 2. The first-order chi connectivity index (χ1) is 9.77. The molecule has 1 atom stereocenters. The Kier molecular flexibility index (Phi) is 3.51. The van der Waals surface area contributed by atoms with Crippen LogP contribution in [0.15, 0.2) is 16.7 Å². The highest BCUT2D eigenvalue weighted by atomic mass is 79.9. The molecule has 5 heteroatoms. The summed E-state index contributed by atoms with van der Waals surface area (Å²) in [5.74, 6) is 0.0469. The molecule has 1 aliphatic heterocycles. The third kappa shape index (κ3) is 2.80. The standard InChI is InChI=1S/C16H21BrN2O2/c1-16(2,3)10-6-14(20)19(8-10)15(21)13-7-11(17)9-18(13)12-4-5-12/h7,9-10,12H,4-6,8H2,1-3H3. The molecule has 2 fully saturated rings. The lowest BCUT2D eigenvalue weighted by molar-refractivity contribution is -0.125. The van der Waals surface area contributed by atoms with E-state index in [0.717, 1.165) is 17.3 Å². The maximum Gasteiger partial charge on any atom is 0.277 e. The van der Waals surface area contributed by atoms with Crippen LogP contribution in [0.4, 0.5) is 0 Å². The van der Waals surface area contributed by atoms with E-state index in [4.69, 9.17) is 0 Å². The Morgan fingerprint density at radius 1 is 1.33 bits per heavy atom. The molecule has 0 aromatic carbocycles. The molecule has 1 saturated heterocycles. The van der Waals surface area contributed by atoms with Crippen molar-refractivity contribution in [3.05, 3.63) is 22.4 Å². The van der Waals surface area contributed by atoms with Crippen molar-refractivity contribution in [2.45, 2.75) is 46.1 Å². The van der Waals surface area contributed by atoms with E-state index in [2.05, 4.69) is 36.7 Å². The minimum Gasteiger partial charge on any atom is -0.339 e. The van der Waals surface area contributed by atoms with Gasteiger partial charge in [0.25, 0.3) is 5.91 Å². The SMILES string of the molecule is CC(C)(C)C1CC(=O)N(C(=O)c2cc(Br)cn2C2CC2)C1. The number of nitrogens with zero attached hydrogens (tertiary/aromatic N) is 2. The first kappa shape index (κ1) is 14.8. The van der Waals surface area contributed by atoms with Crippen LogP contribution < -0.4 is 0 Å². The zero-order chi connectivity index (χ0) is 15.4. The molecule has 0 N–H and O–H groups in total. The van der Waals surface area contributed by atoms with Gasteiger partial charge in [-0.25, -0.2) is 0 Å². The smallest absolute Gasteiger partial charge is 0.277 e. The Hall–Kier alpha value is -1.10. The van der Waals surface area contributed by atoms with Crippen molar-refractivity contribution in [2.75, 3.05) is 6.54 Å². The average molecular weight is 353 g/mol. The molecule has 1 unspecified atom stereocenters. The van der Waals surface area contributed by atoms with E-state index >= 15 is 0 Å². The van der Waals surface area contributed by atoms with Crippen LogP contribution in [0.2, 0.25) is 0 Å². The van der Waals surface area contributed by atoms with Gasteiger partial charge in [0.15, 0.2) is 0 Å². The zero-order valence-electron chi connectivity index (χ0n) is 12.7. The fraction of sp³-hybridized carbons (Fsp3) is 0.625. The van der Waals surface area contributed by atoms with Gasteiger partial charge in [0.1, 0.15) is 5.69 Å². The summed E-state index contributed by atoms with van der Waals surface area (Å²) >= 11 is 3.44. The van der Waals surface area contributed by atoms with Crippen LogP contribution in [0.5, 0.6) is 0 Å². The number of hydrogen-bond acceptors (Lipinski definition) is 2. The van der Waals surface area contributed by atoms with Gasteiger partial charge in [0.05, 0.1) is 0 Å². The molecule has 1 saturated carbocycles. The van der Waals surface area contributed by atoms with Gasteiger partial charge >= 0.3 is 0 Å². The number of carbonyl (C=O) groups excluding carboxylic acids is 2. The van der Waals surface area contributed by atoms with Crippen LogP contribution in [-0.4, -0.2) is 27.8 Å². The van der Waals surface area contributed by atoms with E-state index in [0.29, 0.717) is 24.7 Å². The maximum absolute atomic E-state index is 12.8. The summed E-state index contributed by atoms with van der Waals surface area (Å²) in [4.78, 5) is 26.4. The fourth-order valence-electron chi connectivity index (χ4n) is 2.89. The molecule has 114 valence electrons. The zero-order valence-corrected chi connectivity index (χ0v) is 14.3. The van der Waals surface area contributed by atoms with Crippen LogP contribution in [0.3, 0.4) is 0 Å². The molecule has 0 spiro atoms. The molecule has 2 amide bonds. The van der Waals surface area contributed by atoms with Gasteiger partial charge in [-0.15, -0.1) is 0 Å². The lowest BCUT2D eigenvalue weighted by Crippen LogP contribution is -2.34. The Labute approximate surface area is 133 Å². The van der Waals surface area contributed by atoms with Crippen molar-refractivity contribution >= 4 is 27.7 Å². The Morgan fingerprint density at radius 3 is 2.52 bits per heavy atom. The van der Waals surface area contributed by atoms with Crippen LogP contribution in [0.1, 0.15) is 56.6 Å². The first-order valence-corrected chi connectivity index (χ1v) is 8.28. The van der Waals surface area contributed by atoms with Crippen molar-refractivity contribution in [3.8, 4) is 0 Å². The Bertz CT molecular complexity index is 596. The monoisotopic (exact) mass is 352 g/mol. The topological polar surface area (TPSA) is 42.3 Å². The van der Waals surface area contributed by atoms with E-state index in [-0.39, 0.29) is 23.1 Å². The fourth-order valence-corrected chi connectivity index (χ4v) is 3.33. The molecule has 1 aliphatic carbocycles. The van der Waals surface area contributed by atoms with Gasteiger partial charge in [0.2, 0.25) is 5.91 Å². The predicted molar refractivity (Wildman–Crippen MR) is 84.0 cm³/mol. The van der Waals surface area contributed by atoms with E-state index in [1.54, 1.807) is 0 Å². The van der Waals surface area contributed by atoms with E-state index in [1.165, 1.54) is 4.90 Å². The number of hydrogen-bond donors (Lipinski definition) is 0. The van der Waals surface area contributed by atoms with Gasteiger partial charge in [-0.1, -0.05) is 20.8 Å². The highest BCUT2D eigenvalue weighted by Gasteiger charge is 2.41. The molecule has 0 bridgehead atoms. The average Bonchev–Trinajstić information content (AvgIpc) is 3.04. The Balaban J connectivity index is 1.84. The van der Waals surface area contributed by atoms with Crippen LogP contribution in [0, 0.1) is 11.3 Å². The molecule has 2 heterocycles. The highest BCUT2D eigenvalue weighted by molar-refractivity contribution is 9.10. The molecule has 1 aromatic rings. The van der Waals surface area contributed by atoms with Crippen LogP contribution >= 0.6 is 15.9 Å². The van der Waals surface area contributed by atoms with E-state index in [9.17, 15) is 9.59 Å². The van der Waals surface area contributed by atoms with Gasteiger partial charge in [-0.2, -0.15) is 0 Å². The number of halogens is 1.